The van der Waals surface area contributed by atoms with Crippen LogP contribution in [0, 0.1) is 0 Å². The predicted octanol–water partition coefficient (Wildman–Crippen LogP) is 0.324. The van der Waals surface area contributed by atoms with Crippen LogP contribution < -0.4 is 27.4 Å². The molecule has 14 heteroatoms. The maximum absolute atomic E-state index is 13.2. The molecule has 3 amide bonds. The van der Waals surface area contributed by atoms with Crippen LogP contribution in [0.3, 0.4) is 0 Å². The zero-order chi connectivity index (χ0) is 30.4. The molecule has 41 heavy (non-hydrogen) atoms. The van der Waals surface area contributed by atoms with E-state index >= 15 is 0 Å². The number of rotatable bonds is 19. The van der Waals surface area contributed by atoms with Gasteiger partial charge in [-0.05, 0) is 68.7 Å². The van der Waals surface area contributed by atoms with E-state index in [1.165, 1.54) is 11.8 Å². The summed E-state index contributed by atoms with van der Waals surface area (Å²) in [4.78, 5) is 65.2. The molecule has 4 atom stereocenters. The number of carbonyl (C=O) groups excluding carboxylic acids is 3. The molecule has 226 valence electrons. The monoisotopic (exact) mass is 592 g/mol. The zero-order valence-electron chi connectivity index (χ0n) is 23.1. The van der Waals surface area contributed by atoms with Gasteiger partial charge in [0.05, 0.1) is 6.04 Å². The zero-order valence-corrected chi connectivity index (χ0v) is 23.9. The van der Waals surface area contributed by atoms with E-state index in [2.05, 4.69) is 20.9 Å². The van der Waals surface area contributed by atoms with Crippen LogP contribution in [-0.4, -0.2) is 87.6 Å². The lowest BCUT2D eigenvalue weighted by molar-refractivity contribution is -0.142. The Labute approximate surface area is 242 Å². The van der Waals surface area contributed by atoms with Crippen LogP contribution in [-0.2, 0) is 30.4 Å². The van der Waals surface area contributed by atoms with Gasteiger partial charge < -0.3 is 42.6 Å². The maximum atomic E-state index is 13.2. The van der Waals surface area contributed by atoms with Crippen molar-refractivity contribution in [1.82, 2.24) is 20.9 Å². The third kappa shape index (κ3) is 11.1. The normalized spacial score (nSPS) is 14.0. The number of H-pyrrole nitrogens is 1. The van der Waals surface area contributed by atoms with E-state index in [1.54, 1.807) is 6.20 Å². The number of nitrogens with two attached hydrogens (primary N) is 2. The van der Waals surface area contributed by atoms with Gasteiger partial charge in [0.2, 0.25) is 17.7 Å². The van der Waals surface area contributed by atoms with Gasteiger partial charge in [0.15, 0.2) is 0 Å². The standard InChI is InChI=1S/C27H40N6O7S/c1-41-13-11-21(26(38)33-22(27(39)40)8-4-5-12-28)32-25(37)20(9-10-23(34)35)31-24(36)18(29)14-16-15-30-19-7-3-2-6-17(16)19/h2-3,6-7,15,18,20-22,30H,4-5,8-14,28-29H2,1H3,(H,31,36)(H,32,37)(H,33,38)(H,34,35)(H,39,40). The summed E-state index contributed by atoms with van der Waals surface area (Å²) in [6.45, 7) is 0.390. The van der Waals surface area contributed by atoms with Crippen molar-refractivity contribution >= 4 is 52.3 Å². The van der Waals surface area contributed by atoms with E-state index in [1.807, 2.05) is 30.5 Å². The lowest BCUT2D eigenvalue weighted by Crippen LogP contribution is -2.57. The van der Waals surface area contributed by atoms with Crippen LogP contribution in [0.25, 0.3) is 10.9 Å². The third-order valence-corrected chi connectivity index (χ3v) is 7.18. The molecule has 1 aromatic heterocycles. The number of fused-ring (bicyclic) bond motifs is 1. The van der Waals surface area contributed by atoms with Crippen LogP contribution >= 0.6 is 11.8 Å². The van der Waals surface area contributed by atoms with Crippen molar-refractivity contribution in [1.29, 1.82) is 0 Å². The minimum atomic E-state index is -1.28. The number of unbranched alkanes of at least 4 members (excludes halogenated alkanes) is 1. The van der Waals surface area contributed by atoms with Crippen molar-refractivity contribution in [2.75, 3.05) is 18.6 Å². The van der Waals surface area contributed by atoms with Crippen molar-refractivity contribution in [3.63, 3.8) is 0 Å². The van der Waals surface area contributed by atoms with Crippen molar-refractivity contribution in [2.45, 2.75) is 69.1 Å². The molecule has 13 nitrogen and oxygen atoms in total. The van der Waals surface area contributed by atoms with Gasteiger partial charge in [0.1, 0.15) is 18.1 Å². The largest absolute Gasteiger partial charge is 0.481 e. The molecule has 2 aromatic rings. The summed E-state index contributed by atoms with van der Waals surface area (Å²) in [6, 6.07) is 2.94. The fourth-order valence-corrected chi connectivity index (χ4v) is 4.72. The Hall–Kier alpha value is -3.62. The van der Waals surface area contributed by atoms with E-state index in [4.69, 9.17) is 11.5 Å². The quantitative estimate of drug-likeness (QED) is 0.104. The summed E-state index contributed by atoms with van der Waals surface area (Å²) in [5.74, 6) is -4.01. The summed E-state index contributed by atoms with van der Waals surface area (Å²) < 4.78 is 0. The number of hydrogen-bond acceptors (Lipinski definition) is 8. The number of aromatic amines is 1. The number of para-hydroxylation sites is 1. The van der Waals surface area contributed by atoms with Gasteiger partial charge in [-0.1, -0.05) is 18.2 Å². The summed E-state index contributed by atoms with van der Waals surface area (Å²) in [5, 5.41) is 27.2. The lowest BCUT2D eigenvalue weighted by Gasteiger charge is -2.25. The number of aliphatic carboxylic acids is 2. The van der Waals surface area contributed by atoms with Gasteiger partial charge in [-0.25, -0.2) is 4.79 Å². The summed E-state index contributed by atoms with van der Waals surface area (Å²) in [7, 11) is 0. The Kier molecular flexibility index (Phi) is 14.1. The average molecular weight is 593 g/mol. The van der Waals surface area contributed by atoms with Crippen LogP contribution in [0.4, 0.5) is 0 Å². The first-order valence-corrected chi connectivity index (χ1v) is 14.8. The topological polar surface area (TPSA) is 230 Å². The van der Waals surface area contributed by atoms with Crippen molar-refractivity contribution < 1.29 is 34.2 Å². The minimum Gasteiger partial charge on any atom is -0.481 e. The second-order valence-corrected chi connectivity index (χ2v) is 10.7. The Morgan fingerprint density at radius 3 is 2.17 bits per heavy atom. The van der Waals surface area contributed by atoms with Crippen LogP contribution in [0.2, 0.25) is 0 Å². The molecule has 0 aliphatic rings. The number of hydrogen-bond donors (Lipinski definition) is 8. The molecule has 1 aromatic carbocycles. The fraction of sp³-hybridized carbons (Fsp3) is 0.519. The minimum absolute atomic E-state index is 0.169. The highest BCUT2D eigenvalue weighted by molar-refractivity contribution is 7.98. The molecule has 4 unspecified atom stereocenters. The number of carbonyl (C=O) groups is 5. The lowest BCUT2D eigenvalue weighted by atomic mass is 10.0. The van der Waals surface area contributed by atoms with Crippen molar-refractivity contribution in [2.24, 2.45) is 11.5 Å². The molecule has 0 spiro atoms. The fourth-order valence-electron chi connectivity index (χ4n) is 4.24. The molecule has 0 bridgehead atoms. The molecular weight excluding hydrogens is 552 g/mol. The number of nitrogens with one attached hydrogen (secondary N) is 4. The number of thioether (sulfide) groups is 1. The Morgan fingerprint density at radius 1 is 0.902 bits per heavy atom. The molecule has 0 fully saturated rings. The van der Waals surface area contributed by atoms with Crippen LogP contribution in [0.1, 0.15) is 44.1 Å². The molecule has 0 aliphatic carbocycles. The predicted molar refractivity (Wildman–Crippen MR) is 156 cm³/mol. The van der Waals surface area contributed by atoms with Gasteiger partial charge in [0, 0.05) is 23.5 Å². The summed E-state index contributed by atoms with van der Waals surface area (Å²) in [6.07, 6.45) is 4.54. The first-order valence-electron chi connectivity index (χ1n) is 13.4. The second-order valence-electron chi connectivity index (χ2n) is 9.69. The van der Waals surface area contributed by atoms with E-state index in [0.717, 1.165) is 16.5 Å². The molecule has 0 radical (unpaired) electrons. The van der Waals surface area contributed by atoms with E-state index in [0.29, 0.717) is 25.1 Å². The van der Waals surface area contributed by atoms with Crippen molar-refractivity contribution in [3.05, 3.63) is 36.0 Å². The molecular formula is C27H40N6O7S. The van der Waals surface area contributed by atoms with Crippen LogP contribution in [0.15, 0.2) is 30.5 Å². The summed E-state index contributed by atoms with van der Waals surface area (Å²) in [5.41, 5.74) is 13.3. The highest BCUT2D eigenvalue weighted by Gasteiger charge is 2.30. The maximum Gasteiger partial charge on any atom is 0.326 e. The van der Waals surface area contributed by atoms with Gasteiger partial charge >= 0.3 is 11.9 Å². The SMILES string of the molecule is CSCCC(NC(=O)C(CCC(=O)O)NC(=O)C(N)Cc1c[nH]c2ccccc12)C(=O)NC(CCCCN)C(=O)O. The smallest absolute Gasteiger partial charge is 0.326 e. The first kappa shape index (κ1) is 33.6. The molecule has 0 aliphatic heterocycles. The Bertz CT molecular complexity index is 1190. The van der Waals surface area contributed by atoms with Gasteiger partial charge in [-0.2, -0.15) is 11.8 Å². The van der Waals surface area contributed by atoms with E-state index in [-0.39, 0.29) is 25.7 Å². The Balaban J connectivity index is 2.12. The average Bonchev–Trinajstić information content (AvgIpc) is 3.34. The number of amides is 3. The number of aromatic nitrogens is 1. The van der Waals surface area contributed by atoms with Gasteiger partial charge in [0.25, 0.3) is 0 Å². The number of carboxylic acid groups (broad SMARTS) is 2. The number of carboxylic acids is 2. The molecule has 1 heterocycles. The van der Waals surface area contributed by atoms with Gasteiger partial charge in [-0.15, -0.1) is 0 Å². The highest BCUT2D eigenvalue weighted by atomic mass is 32.2. The van der Waals surface area contributed by atoms with E-state index in [9.17, 15) is 34.2 Å². The third-order valence-electron chi connectivity index (χ3n) is 6.54. The highest BCUT2D eigenvalue weighted by Crippen LogP contribution is 2.19. The van der Waals surface area contributed by atoms with Gasteiger partial charge in [-0.3, -0.25) is 19.2 Å². The van der Waals surface area contributed by atoms with Crippen molar-refractivity contribution in [3.8, 4) is 0 Å². The molecule has 10 N–H and O–H groups in total. The molecule has 0 saturated heterocycles. The Morgan fingerprint density at radius 2 is 1.54 bits per heavy atom. The molecule has 0 saturated carbocycles. The first-order chi connectivity index (χ1) is 19.6. The summed E-state index contributed by atoms with van der Waals surface area (Å²) >= 11 is 1.43. The molecule has 2 rings (SSSR count). The number of benzene rings is 1. The van der Waals surface area contributed by atoms with Crippen LogP contribution in [0.5, 0.6) is 0 Å². The second kappa shape index (κ2) is 17.3. The van der Waals surface area contributed by atoms with E-state index < -0.39 is 60.2 Å².